The number of amides is 1. The number of thiazole rings is 1. The molecule has 2 aliphatic rings. The first-order valence-electron chi connectivity index (χ1n) is 9.49. The van der Waals surface area contributed by atoms with Crippen molar-refractivity contribution in [3.63, 3.8) is 0 Å². The van der Waals surface area contributed by atoms with E-state index in [1.807, 2.05) is 29.6 Å². The van der Waals surface area contributed by atoms with Crippen LogP contribution in [-0.2, 0) is 4.79 Å². The molecule has 0 bridgehead atoms. The number of anilines is 2. The summed E-state index contributed by atoms with van der Waals surface area (Å²) in [6.07, 6.45) is 0. The van der Waals surface area contributed by atoms with E-state index in [-0.39, 0.29) is 30.7 Å². The van der Waals surface area contributed by atoms with Gasteiger partial charge in [0, 0.05) is 16.6 Å². The second kappa shape index (κ2) is 7.44. The van der Waals surface area contributed by atoms with Crippen molar-refractivity contribution >= 4 is 40.0 Å². The molecule has 5 rings (SSSR count). The number of amidine groups is 1. The van der Waals surface area contributed by atoms with Crippen LogP contribution in [0.1, 0.15) is 5.01 Å². The molecule has 2 aliphatic heterocycles. The Labute approximate surface area is 181 Å². The van der Waals surface area contributed by atoms with E-state index in [4.69, 9.17) is 14.9 Å². The number of benzene rings is 2. The lowest BCUT2D eigenvalue weighted by Gasteiger charge is -2.23. The quantitative estimate of drug-likeness (QED) is 0.575. The third kappa shape index (κ3) is 3.38. The summed E-state index contributed by atoms with van der Waals surface area (Å²) < 4.78 is 10.6. The molecule has 3 heterocycles. The second-order valence-corrected chi connectivity index (χ2v) is 7.90. The molecular formula is C22H18N4O4S. The number of carbonyl (C=O) groups is 1. The monoisotopic (exact) mass is 434 g/mol. The summed E-state index contributed by atoms with van der Waals surface area (Å²) in [4.78, 5) is 17.9. The Bertz CT molecular complexity index is 1230. The largest absolute Gasteiger partial charge is 0.510 e. The number of hydrogen-bond donors (Lipinski definition) is 3. The van der Waals surface area contributed by atoms with Crippen molar-refractivity contribution in [3.05, 3.63) is 58.6 Å². The van der Waals surface area contributed by atoms with Gasteiger partial charge in [0.05, 0.1) is 30.6 Å². The summed E-state index contributed by atoms with van der Waals surface area (Å²) in [6.45, 7) is 0.137. The third-order valence-corrected chi connectivity index (χ3v) is 5.97. The molecule has 0 radical (unpaired) electrons. The number of ether oxygens (including phenoxy) is 2. The van der Waals surface area contributed by atoms with Gasteiger partial charge in [0.25, 0.3) is 5.91 Å². The predicted octanol–water partition coefficient (Wildman–Crippen LogP) is 3.92. The number of rotatable bonds is 4. The summed E-state index contributed by atoms with van der Waals surface area (Å²) in [7, 11) is 1.62. The minimum absolute atomic E-state index is 0.0149. The number of nitrogens with one attached hydrogen (secondary N) is 2. The Morgan fingerprint density at radius 1 is 1.26 bits per heavy atom. The first kappa shape index (κ1) is 19.1. The lowest BCUT2D eigenvalue weighted by molar-refractivity contribution is -0.118. The predicted molar refractivity (Wildman–Crippen MR) is 119 cm³/mol. The van der Waals surface area contributed by atoms with Crippen molar-refractivity contribution < 1.29 is 19.4 Å². The lowest BCUT2D eigenvalue weighted by atomic mass is 10.1. The average Bonchev–Trinajstić information content (AvgIpc) is 3.37. The Hall–Kier alpha value is -3.85. The molecule has 0 atom stereocenters. The van der Waals surface area contributed by atoms with E-state index in [1.165, 1.54) is 11.3 Å². The number of nitrogens with zero attached hydrogens (tertiary/aromatic N) is 2. The number of carbonyl (C=O) groups excluding carboxylic acids is 1. The van der Waals surface area contributed by atoms with Crippen LogP contribution in [0.3, 0.4) is 0 Å². The number of aliphatic hydroxyl groups excluding tert-OH is 1. The number of fused-ring (bicyclic) bond motifs is 1. The van der Waals surface area contributed by atoms with Gasteiger partial charge in [0.15, 0.2) is 6.61 Å². The lowest BCUT2D eigenvalue weighted by Crippen LogP contribution is -2.28. The molecule has 0 aliphatic carbocycles. The van der Waals surface area contributed by atoms with Crippen LogP contribution in [0.4, 0.5) is 11.4 Å². The van der Waals surface area contributed by atoms with E-state index in [2.05, 4.69) is 10.3 Å². The van der Waals surface area contributed by atoms with E-state index in [0.717, 1.165) is 17.0 Å². The number of aromatic nitrogens is 1. The van der Waals surface area contributed by atoms with Gasteiger partial charge in [0.1, 0.15) is 28.1 Å². The smallest absolute Gasteiger partial charge is 0.262 e. The van der Waals surface area contributed by atoms with E-state index in [9.17, 15) is 9.90 Å². The zero-order valence-electron chi connectivity index (χ0n) is 16.5. The molecule has 156 valence electrons. The van der Waals surface area contributed by atoms with Crippen LogP contribution in [0.15, 0.2) is 53.6 Å². The molecule has 0 fully saturated rings. The molecular weight excluding hydrogens is 416 g/mol. The van der Waals surface area contributed by atoms with Gasteiger partial charge < -0.3 is 24.8 Å². The van der Waals surface area contributed by atoms with Crippen LogP contribution in [0.25, 0.3) is 16.8 Å². The average molecular weight is 434 g/mol. The van der Waals surface area contributed by atoms with Crippen LogP contribution in [-0.4, -0.2) is 42.1 Å². The minimum atomic E-state index is -0.225. The van der Waals surface area contributed by atoms with Crippen molar-refractivity contribution in [2.75, 3.05) is 30.5 Å². The molecule has 3 N–H and O–H groups in total. The van der Waals surface area contributed by atoms with E-state index < -0.39 is 0 Å². The zero-order valence-corrected chi connectivity index (χ0v) is 17.3. The molecule has 0 unspecified atom stereocenters. The summed E-state index contributed by atoms with van der Waals surface area (Å²) in [5, 5.41) is 24.5. The molecule has 0 saturated heterocycles. The van der Waals surface area contributed by atoms with Gasteiger partial charge in [-0.05, 0) is 42.5 Å². The topological polar surface area (TPSA) is 108 Å². The van der Waals surface area contributed by atoms with Crippen LogP contribution < -0.4 is 19.7 Å². The van der Waals surface area contributed by atoms with Gasteiger partial charge in [-0.2, -0.15) is 0 Å². The maximum Gasteiger partial charge on any atom is 0.262 e. The second-order valence-electron chi connectivity index (χ2n) is 7.04. The molecule has 9 heteroatoms. The van der Waals surface area contributed by atoms with Gasteiger partial charge in [-0.3, -0.25) is 10.2 Å². The van der Waals surface area contributed by atoms with Crippen LogP contribution >= 0.6 is 11.3 Å². The van der Waals surface area contributed by atoms with Crippen molar-refractivity contribution in [3.8, 4) is 22.8 Å². The van der Waals surface area contributed by atoms with Gasteiger partial charge >= 0.3 is 0 Å². The Morgan fingerprint density at radius 2 is 2.06 bits per heavy atom. The van der Waals surface area contributed by atoms with Crippen molar-refractivity contribution in [2.45, 2.75) is 0 Å². The molecule has 2 aromatic carbocycles. The Morgan fingerprint density at radius 3 is 2.84 bits per heavy atom. The highest BCUT2D eigenvalue weighted by Gasteiger charge is 2.32. The third-order valence-electron chi connectivity index (χ3n) is 5.11. The maximum absolute atomic E-state index is 11.6. The number of hydrogen-bond acceptors (Lipinski definition) is 7. The zero-order chi connectivity index (χ0) is 21.5. The minimum Gasteiger partial charge on any atom is -0.510 e. The fourth-order valence-corrected chi connectivity index (χ4v) is 4.44. The maximum atomic E-state index is 11.6. The van der Waals surface area contributed by atoms with Crippen molar-refractivity contribution in [2.24, 2.45) is 0 Å². The molecule has 31 heavy (non-hydrogen) atoms. The highest BCUT2D eigenvalue weighted by atomic mass is 32.1. The molecule has 0 spiro atoms. The highest BCUT2D eigenvalue weighted by Crippen LogP contribution is 2.37. The Kier molecular flexibility index (Phi) is 4.59. The normalized spacial score (nSPS) is 15.6. The Balaban J connectivity index is 1.41. The fourth-order valence-electron chi connectivity index (χ4n) is 3.55. The van der Waals surface area contributed by atoms with Crippen LogP contribution in [0.2, 0.25) is 0 Å². The first-order chi connectivity index (χ1) is 15.0. The van der Waals surface area contributed by atoms with Gasteiger partial charge in [-0.15, -0.1) is 11.3 Å². The highest BCUT2D eigenvalue weighted by molar-refractivity contribution is 7.11. The summed E-state index contributed by atoms with van der Waals surface area (Å²) in [6, 6.07) is 12.8. The first-order valence-corrected chi connectivity index (χ1v) is 10.4. The molecule has 1 aromatic heterocycles. The number of aliphatic hydroxyl groups is 1. The summed E-state index contributed by atoms with van der Waals surface area (Å²) in [5.74, 6) is 1.35. The van der Waals surface area contributed by atoms with Crippen LogP contribution in [0.5, 0.6) is 11.5 Å². The summed E-state index contributed by atoms with van der Waals surface area (Å²) >= 11 is 1.37. The van der Waals surface area contributed by atoms with Gasteiger partial charge in [-0.1, -0.05) is 0 Å². The van der Waals surface area contributed by atoms with Crippen LogP contribution in [0, 0.1) is 5.41 Å². The molecule has 3 aromatic rings. The molecule has 1 amide bonds. The van der Waals surface area contributed by atoms with E-state index >= 15 is 0 Å². The van der Waals surface area contributed by atoms with Crippen molar-refractivity contribution in [1.29, 1.82) is 5.41 Å². The molecule has 8 nitrogen and oxygen atoms in total. The van der Waals surface area contributed by atoms with Crippen molar-refractivity contribution in [1.82, 2.24) is 4.98 Å². The standard InChI is InChI=1S/C22H18N4O4S/c1-29-14-5-2-12(3-6-14)16-11-31-22(25-16)20-17(27)9-26(21(20)23)13-4-7-18-15(8-13)24-19(28)10-30-18/h2-8,11,23,27H,9-10H2,1H3,(H,24,28). The van der Waals surface area contributed by atoms with E-state index in [0.29, 0.717) is 27.7 Å². The molecule has 0 saturated carbocycles. The fraction of sp³-hybridized carbons (Fsp3) is 0.136. The SMILES string of the molecule is COc1ccc(-c2csc(C3=C(O)CN(c4ccc5c(c4)NC(=O)CO5)C3=N)n2)cc1. The van der Waals surface area contributed by atoms with Gasteiger partial charge in [-0.25, -0.2) is 4.98 Å². The summed E-state index contributed by atoms with van der Waals surface area (Å²) in [5.41, 5.74) is 3.31. The number of methoxy groups -OCH3 is 1. The van der Waals surface area contributed by atoms with Gasteiger partial charge in [0.2, 0.25) is 0 Å². The van der Waals surface area contributed by atoms with E-state index in [1.54, 1.807) is 30.2 Å².